The number of thiazole rings is 1. The summed E-state index contributed by atoms with van der Waals surface area (Å²) in [5, 5.41) is 5.39. The maximum atomic E-state index is 4.73. The van der Waals surface area contributed by atoms with Crippen molar-refractivity contribution in [3.8, 4) is 0 Å². The van der Waals surface area contributed by atoms with Crippen LogP contribution in [0.4, 0.5) is 5.13 Å². The molecule has 0 atom stereocenters. The Bertz CT molecular complexity index is 664. The van der Waals surface area contributed by atoms with Gasteiger partial charge in [0.15, 0.2) is 5.13 Å². The van der Waals surface area contributed by atoms with Crippen molar-refractivity contribution in [2.45, 2.75) is 18.9 Å². The van der Waals surface area contributed by atoms with Crippen LogP contribution in [0.1, 0.15) is 18.9 Å². The number of aromatic nitrogens is 4. The van der Waals surface area contributed by atoms with E-state index in [4.69, 9.17) is 4.98 Å². The second-order valence-corrected chi connectivity index (χ2v) is 6.07. The van der Waals surface area contributed by atoms with E-state index in [1.807, 2.05) is 17.1 Å². The standard InChI is InChI=1S/C14H15N5S/c1-2-4-13-12(3-1)17-14(20-13)18-7-5-11(6-8-18)19-10-15-9-16-19/h1-4,9-11H,5-8H2. The first kappa shape index (κ1) is 11.8. The zero-order valence-electron chi connectivity index (χ0n) is 11.0. The fourth-order valence-corrected chi connectivity index (χ4v) is 3.74. The van der Waals surface area contributed by atoms with E-state index in [1.54, 1.807) is 17.7 Å². The third-order valence-corrected chi connectivity index (χ3v) is 4.93. The second kappa shape index (κ2) is 4.86. The summed E-state index contributed by atoms with van der Waals surface area (Å²) in [5.41, 5.74) is 1.10. The Labute approximate surface area is 120 Å². The number of nitrogens with zero attached hydrogens (tertiary/aromatic N) is 5. The predicted molar refractivity (Wildman–Crippen MR) is 80.1 cm³/mol. The Kier molecular flexibility index (Phi) is 2.88. The molecule has 102 valence electrons. The van der Waals surface area contributed by atoms with E-state index in [0.29, 0.717) is 6.04 Å². The van der Waals surface area contributed by atoms with E-state index >= 15 is 0 Å². The lowest BCUT2D eigenvalue weighted by Gasteiger charge is -2.31. The van der Waals surface area contributed by atoms with Gasteiger partial charge in [0.25, 0.3) is 0 Å². The first-order valence-corrected chi connectivity index (χ1v) is 7.66. The SMILES string of the molecule is c1ccc2sc(N3CCC(n4cncn4)CC3)nc2c1. The highest BCUT2D eigenvalue weighted by Crippen LogP contribution is 2.32. The van der Waals surface area contributed by atoms with Crippen molar-refractivity contribution in [1.29, 1.82) is 0 Å². The zero-order valence-corrected chi connectivity index (χ0v) is 11.8. The maximum Gasteiger partial charge on any atom is 0.186 e. The monoisotopic (exact) mass is 285 g/mol. The van der Waals surface area contributed by atoms with Gasteiger partial charge in [-0.2, -0.15) is 5.10 Å². The number of hydrogen-bond donors (Lipinski definition) is 0. The largest absolute Gasteiger partial charge is 0.348 e. The van der Waals surface area contributed by atoms with E-state index in [1.165, 1.54) is 4.70 Å². The normalized spacial score (nSPS) is 16.9. The topological polar surface area (TPSA) is 46.8 Å². The van der Waals surface area contributed by atoms with Gasteiger partial charge in [0.05, 0.1) is 16.3 Å². The van der Waals surface area contributed by atoms with Gasteiger partial charge in [-0.25, -0.2) is 14.6 Å². The molecule has 0 radical (unpaired) electrons. The van der Waals surface area contributed by atoms with Crippen LogP contribution in [0.3, 0.4) is 0 Å². The Morgan fingerprint density at radius 1 is 1.15 bits per heavy atom. The van der Waals surface area contributed by atoms with E-state index in [0.717, 1.165) is 36.6 Å². The molecule has 0 N–H and O–H groups in total. The van der Waals surface area contributed by atoms with Crippen molar-refractivity contribution in [2.24, 2.45) is 0 Å². The van der Waals surface area contributed by atoms with Crippen molar-refractivity contribution in [3.05, 3.63) is 36.9 Å². The number of anilines is 1. The minimum absolute atomic E-state index is 0.475. The molecule has 3 heterocycles. The fraction of sp³-hybridized carbons (Fsp3) is 0.357. The number of para-hydroxylation sites is 1. The van der Waals surface area contributed by atoms with Crippen molar-refractivity contribution in [3.63, 3.8) is 0 Å². The molecule has 20 heavy (non-hydrogen) atoms. The molecule has 0 saturated carbocycles. The second-order valence-electron chi connectivity index (χ2n) is 5.06. The molecule has 3 aromatic rings. The van der Waals surface area contributed by atoms with E-state index < -0.39 is 0 Å². The number of fused-ring (bicyclic) bond motifs is 1. The molecule has 0 amide bonds. The van der Waals surface area contributed by atoms with Crippen LogP contribution in [0, 0.1) is 0 Å². The molecule has 2 aromatic heterocycles. The third-order valence-electron chi connectivity index (χ3n) is 3.83. The van der Waals surface area contributed by atoms with Crippen LogP contribution < -0.4 is 4.90 Å². The highest BCUT2D eigenvalue weighted by Gasteiger charge is 2.22. The predicted octanol–water partition coefficient (Wildman–Crippen LogP) is 2.73. The van der Waals surface area contributed by atoms with E-state index in [2.05, 4.69) is 33.2 Å². The molecular formula is C14H15N5S. The average Bonchev–Trinajstić information content (AvgIpc) is 3.17. The van der Waals surface area contributed by atoms with Gasteiger partial charge < -0.3 is 4.90 Å². The van der Waals surface area contributed by atoms with Gasteiger partial charge in [0.1, 0.15) is 12.7 Å². The van der Waals surface area contributed by atoms with Gasteiger partial charge >= 0.3 is 0 Å². The Balaban J connectivity index is 1.51. The first-order valence-electron chi connectivity index (χ1n) is 6.85. The van der Waals surface area contributed by atoms with Crippen LogP contribution in [-0.4, -0.2) is 32.8 Å². The summed E-state index contributed by atoms with van der Waals surface area (Å²) in [5.74, 6) is 0. The Morgan fingerprint density at radius 2 is 2.00 bits per heavy atom. The summed E-state index contributed by atoms with van der Waals surface area (Å²) in [6, 6.07) is 8.81. The number of piperidine rings is 1. The molecule has 6 heteroatoms. The van der Waals surface area contributed by atoms with Crippen LogP contribution >= 0.6 is 11.3 Å². The molecule has 1 aliphatic heterocycles. The lowest BCUT2D eigenvalue weighted by atomic mass is 10.1. The summed E-state index contributed by atoms with van der Waals surface area (Å²) in [6.07, 6.45) is 5.62. The summed E-state index contributed by atoms with van der Waals surface area (Å²) in [7, 11) is 0. The summed E-state index contributed by atoms with van der Waals surface area (Å²) < 4.78 is 3.25. The average molecular weight is 285 g/mol. The zero-order chi connectivity index (χ0) is 13.4. The van der Waals surface area contributed by atoms with Crippen LogP contribution in [0.2, 0.25) is 0 Å². The molecule has 5 nitrogen and oxygen atoms in total. The van der Waals surface area contributed by atoms with Crippen molar-refractivity contribution >= 4 is 26.7 Å². The molecule has 1 fully saturated rings. The lowest BCUT2D eigenvalue weighted by molar-refractivity contribution is 0.366. The highest BCUT2D eigenvalue weighted by atomic mass is 32.1. The third kappa shape index (κ3) is 2.06. The summed E-state index contributed by atoms with van der Waals surface area (Å²) in [4.78, 5) is 11.2. The molecule has 4 rings (SSSR count). The van der Waals surface area contributed by atoms with Gasteiger partial charge in [0, 0.05) is 13.1 Å². The molecule has 1 saturated heterocycles. The number of rotatable bonds is 2. The molecule has 0 aliphatic carbocycles. The quantitative estimate of drug-likeness (QED) is 0.726. The fourth-order valence-electron chi connectivity index (χ4n) is 2.72. The van der Waals surface area contributed by atoms with Gasteiger partial charge in [0.2, 0.25) is 0 Å². The maximum absolute atomic E-state index is 4.73. The number of hydrogen-bond acceptors (Lipinski definition) is 5. The Hall–Kier alpha value is -1.95. The number of benzene rings is 1. The van der Waals surface area contributed by atoms with Crippen LogP contribution in [0.25, 0.3) is 10.2 Å². The van der Waals surface area contributed by atoms with Gasteiger partial charge in [-0.3, -0.25) is 0 Å². The molecule has 1 aliphatic rings. The smallest absolute Gasteiger partial charge is 0.186 e. The molecule has 1 aromatic carbocycles. The van der Waals surface area contributed by atoms with Crippen LogP contribution in [-0.2, 0) is 0 Å². The van der Waals surface area contributed by atoms with E-state index in [9.17, 15) is 0 Å². The van der Waals surface area contributed by atoms with Gasteiger partial charge in [-0.05, 0) is 25.0 Å². The molecule has 0 bridgehead atoms. The molecular weight excluding hydrogens is 270 g/mol. The minimum atomic E-state index is 0.475. The molecule has 0 unspecified atom stereocenters. The van der Waals surface area contributed by atoms with Gasteiger partial charge in [-0.1, -0.05) is 23.5 Å². The summed E-state index contributed by atoms with van der Waals surface area (Å²) >= 11 is 1.78. The summed E-state index contributed by atoms with van der Waals surface area (Å²) in [6.45, 7) is 2.06. The van der Waals surface area contributed by atoms with Crippen molar-refractivity contribution in [1.82, 2.24) is 19.7 Å². The minimum Gasteiger partial charge on any atom is -0.348 e. The van der Waals surface area contributed by atoms with Crippen LogP contribution in [0.5, 0.6) is 0 Å². The first-order chi connectivity index (χ1) is 9.90. The highest BCUT2D eigenvalue weighted by molar-refractivity contribution is 7.22. The molecule has 0 spiro atoms. The van der Waals surface area contributed by atoms with E-state index in [-0.39, 0.29) is 0 Å². The van der Waals surface area contributed by atoms with Crippen LogP contribution in [0.15, 0.2) is 36.9 Å². The van der Waals surface area contributed by atoms with Gasteiger partial charge in [-0.15, -0.1) is 0 Å². The Morgan fingerprint density at radius 3 is 2.75 bits per heavy atom. The van der Waals surface area contributed by atoms with Crippen molar-refractivity contribution < 1.29 is 0 Å². The van der Waals surface area contributed by atoms with Crippen molar-refractivity contribution in [2.75, 3.05) is 18.0 Å². The lowest BCUT2D eigenvalue weighted by Crippen LogP contribution is -2.34.